The molecule has 1 aromatic carbocycles. The fourth-order valence-electron chi connectivity index (χ4n) is 1.39. The molecule has 0 radical (unpaired) electrons. The maximum Gasteiger partial charge on any atom is 0.333 e. The Morgan fingerprint density at radius 1 is 1.32 bits per heavy atom. The molecule has 0 aliphatic heterocycles. The number of nitrogens with one attached hydrogen (secondary N) is 1. The van der Waals surface area contributed by atoms with Gasteiger partial charge in [0.05, 0.1) is 10.3 Å². The summed E-state index contributed by atoms with van der Waals surface area (Å²) in [6, 6.07) is 4.23. The summed E-state index contributed by atoms with van der Waals surface area (Å²) in [5.74, 6) is 0. The number of nitrogens with zero attached hydrogens (tertiary/aromatic N) is 1. The van der Waals surface area contributed by atoms with E-state index in [9.17, 15) is 4.79 Å². The number of carbonyl (C=O) groups is 1. The van der Waals surface area contributed by atoms with Gasteiger partial charge in [-0.15, -0.1) is 23.5 Å². The molecule has 0 saturated heterocycles. The normalized spacial score (nSPS) is 10.8. The number of carbonyl (C=O) groups excluding carboxylic acids is 1. The zero-order valence-corrected chi connectivity index (χ0v) is 13.7. The third-order valence-electron chi connectivity index (χ3n) is 2.27. The summed E-state index contributed by atoms with van der Waals surface area (Å²) in [6.07, 6.45) is 4.02. The van der Waals surface area contributed by atoms with Crippen LogP contribution >= 0.6 is 46.7 Å². The Kier molecular flexibility index (Phi) is 7.17. The molecule has 19 heavy (non-hydrogen) atoms. The van der Waals surface area contributed by atoms with Gasteiger partial charge < -0.3 is 5.73 Å². The van der Waals surface area contributed by atoms with E-state index in [1.54, 1.807) is 41.7 Å². The molecule has 0 unspecified atom stereocenters. The minimum atomic E-state index is -0.612. The van der Waals surface area contributed by atoms with Crippen molar-refractivity contribution in [3.8, 4) is 0 Å². The number of thioether (sulfide) groups is 2. The van der Waals surface area contributed by atoms with Crippen LogP contribution in [-0.2, 0) is 0 Å². The highest BCUT2D eigenvalue weighted by Gasteiger charge is 2.15. The number of hydrazine groups is 1. The van der Waals surface area contributed by atoms with E-state index in [2.05, 4.69) is 5.43 Å². The number of urea groups is 1. The molecule has 3 N–H and O–H groups in total. The number of primary amides is 1. The monoisotopic (exact) mass is 339 g/mol. The van der Waals surface area contributed by atoms with Crippen molar-refractivity contribution in [3.63, 3.8) is 0 Å². The average molecular weight is 340 g/mol. The average Bonchev–Trinajstić information content (AvgIpc) is 2.33. The van der Waals surface area contributed by atoms with E-state index >= 15 is 0 Å². The second-order valence-corrected chi connectivity index (χ2v) is 6.82. The lowest BCUT2D eigenvalue weighted by Gasteiger charge is -2.24. The molecule has 0 bridgehead atoms. The molecule has 0 aromatic heterocycles. The summed E-state index contributed by atoms with van der Waals surface area (Å²) in [4.78, 5) is 11.5. The Balaban J connectivity index is 2.85. The highest BCUT2D eigenvalue weighted by Crippen LogP contribution is 2.25. The van der Waals surface area contributed by atoms with Crippen LogP contribution in [0.5, 0.6) is 0 Å². The minimum absolute atomic E-state index is 0.316. The van der Waals surface area contributed by atoms with Crippen molar-refractivity contribution in [2.24, 2.45) is 5.73 Å². The Morgan fingerprint density at radius 3 is 2.26 bits per heavy atom. The number of nitrogens with two attached hydrogens (primary N) is 1. The third-order valence-corrected chi connectivity index (χ3v) is 5.24. The molecule has 1 aromatic rings. The molecule has 0 atom stereocenters. The number of halogens is 2. The highest BCUT2D eigenvalue weighted by molar-refractivity contribution is 8.16. The van der Waals surface area contributed by atoms with Crippen LogP contribution in [0.1, 0.15) is 0 Å². The predicted molar refractivity (Wildman–Crippen MR) is 87.3 cm³/mol. The Hall–Kier alpha value is -0.270. The Morgan fingerprint density at radius 2 is 1.84 bits per heavy atom. The number of amides is 2. The molecular weight excluding hydrogens is 325 g/mol. The van der Waals surface area contributed by atoms with Crippen molar-refractivity contribution in [3.05, 3.63) is 28.2 Å². The van der Waals surface area contributed by atoms with Crippen molar-refractivity contribution >= 4 is 58.4 Å². The molecule has 106 valence electrons. The highest BCUT2D eigenvalue weighted by atomic mass is 35.5. The zero-order valence-electron chi connectivity index (χ0n) is 10.5. The first-order valence-electron chi connectivity index (χ1n) is 5.32. The van der Waals surface area contributed by atoms with E-state index in [0.29, 0.717) is 26.9 Å². The Bertz CT molecular complexity index is 424. The molecule has 0 fully saturated rings. The van der Waals surface area contributed by atoms with E-state index in [-0.39, 0.29) is 0 Å². The lowest BCUT2D eigenvalue weighted by atomic mass is 10.3. The SMILES string of the molecule is CSC(CNN(C(N)=O)c1cc(Cl)cc(Cl)c1)SC. The number of benzene rings is 1. The van der Waals surface area contributed by atoms with Gasteiger partial charge in [-0.2, -0.15) is 0 Å². The van der Waals surface area contributed by atoms with Crippen molar-refractivity contribution in [1.29, 1.82) is 0 Å². The van der Waals surface area contributed by atoms with Crippen molar-refractivity contribution < 1.29 is 4.79 Å². The smallest absolute Gasteiger partial charge is 0.333 e. The van der Waals surface area contributed by atoms with Gasteiger partial charge in [0.2, 0.25) is 0 Å². The van der Waals surface area contributed by atoms with Crippen LogP contribution in [0, 0.1) is 0 Å². The quantitative estimate of drug-likeness (QED) is 0.615. The first kappa shape index (κ1) is 16.8. The Labute approximate surface area is 131 Å². The largest absolute Gasteiger partial charge is 0.350 e. The van der Waals surface area contributed by atoms with Crippen molar-refractivity contribution in [2.45, 2.75) is 4.58 Å². The van der Waals surface area contributed by atoms with Gasteiger partial charge in [-0.05, 0) is 30.7 Å². The topological polar surface area (TPSA) is 58.4 Å². The fraction of sp³-hybridized carbons (Fsp3) is 0.364. The van der Waals surface area contributed by atoms with E-state index < -0.39 is 6.03 Å². The van der Waals surface area contributed by atoms with Gasteiger partial charge >= 0.3 is 6.03 Å². The predicted octanol–water partition coefficient (Wildman–Crippen LogP) is 3.44. The van der Waals surface area contributed by atoms with Gasteiger partial charge in [0.1, 0.15) is 0 Å². The molecular formula is C11H15Cl2N3OS2. The third kappa shape index (κ3) is 5.31. The van der Waals surface area contributed by atoms with Crippen LogP contribution in [0.4, 0.5) is 10.5 Å². The van der Waals surface area contributed by atoms with Gasteiger partial charge in [-0.1, -0.05) is 23.2 Å². The number of rotatable bonds is 6. The first-order valence-corrected chi connectivity index (χ1v) is 8.66. The van der Waals surface area contributed by atoms with E-state index in [4.69, 9.17) is 28.9 Å². The molecule has 0 spiro atoms. The second kappa shape index (κ2) is 8.11. The molecule has 0 aliphatic carbocycles. The number of hydrogen-bond acceptors (Lipinski definition) is 4. The summed E-state index contributed by atoms with van der Waals surface area (Å²) in [5, 5.41) is 2.14. The first-order chi connectivity index (χ1) is 8.97. The lowest BCUT2D eigenvalue weighted by Crippen LogP contribution is -2.48. The standard InChI is InChI=1S/C11H15Cl2N3OS2/c1-18-10(19-2)6-15-16(11(14)17)9-4-7(12)3-8(13)5-9/h3-5,10,15H,6H2,1-2H3,(H2,14,17). The van der Waals surface area contributed by atoms with E-state index in [0.717, 1.165) is 0 Å². The van der Waals surface area contributed by atoms with Gasteiger partial charge in [-0.25, -0.2) is 15.2 Å². The molecule has 1 rings (SSSR count). The maximum atomic E-state index is 11.5. The van der Waals surface area contributed by atoms with Crippen LogP contribution < -0.4 is 16.2 Å². The van der Waals surface area contributed by atoms with E-state index in [1.165, 1.54) is 5.01 Å². The van der Waals surface area contributed by atoms with Gasteiger partial charge in [0.25, 0.3) is 0 Å². The van der Waals surface area contributed by atoms with Crippen LogP contribution in [0.15, 0.2) is 18.2 Å². The molecule has 0 heterocycles. The lowest BCUT2D eigenvalue weighted by molar-refractivity contribution is 0.251. The van der Waals surface area contributed by atoms with Crippen LogP contribution in [0.2, 0.25) is 10.0 Å². The van der Waals surface area contributed by atoms with Crippen molar-refractivity contribution in [1.82, 2.24) is 5.43 Å². The van der Waals surface area contributed by atoms with Gasteiger partial charge in [-0.3, -0.25) is 0 Å². The van der Waals surface area contributed by atoms with Gasteiger partial charge in [0, 0.05) is 16.6 Å². The molecule has 0 aliphatic rings. The summed E-state index contributed by atoms with van der Waals surface area (Å²) < 4.78 is 0.316. The van der Waals surface area contributed by atoms with Crippen LogP contribution in [0.25, 0.3) is 0 Å². The molecule has 4 nitrogen and oxygen atoms in total. The number of hydrogen-bond donors (Lipinski definition) is 2. The molecule has 2 amide bonds. The number of anilines is 1. The van der Waals surface area contributed by atoms with E-state index in [1.807, 2.05) is 12.5 Å². The fourth-order valence-corrected chi connectivity index (χ4v) is 3.16. The van der Waals surface area contributed by atoms with Crippen LogP contribution in [-0.4, -0.2) is 29.7 Å². The zero-order chi connectivity index (χ0) is 14.4. The summed E-state index contributed by atoms with van der Waals surface area (Å²) >= 11 is 15.2. The molecule has 0 saturated carbocycles. The van der Waals surface area contributed by atoms with Gasteiger partial charge in [0.15, 0.2) is 0 Å². The summed E-state index contributed by atoms with van der Waals surface area (Å²) in [6.45, 7) is 0.593. The molecule has 8 heteroatoms. The summed E-state index contributed by atoms with van der Waals surface area (Å²) in [7, 11) is 0. The maximum absolute atomic E-state index is 11.5. The second-order valence-electron chi connectivity index (χ2n) is 3.56. The van der Waals surface area contributed by atoms with Crippen molar-refractivity contribution in [2.75, 3.05) is 24.1 Å². The van der Waals surface area contributed by atoms with Crippen LogP contribution in [0.3, 0.4) is 0 Å². The summed E-state index contributed by atoms with van der Waals surface area (Å²) in [5.41, 5.74) is 8.87. The minimum Gasteiger partial charge on any atom is -0.350 e.